The smallest absolute Gasteiger partial charge is 0.251 e. The van der Waals surface area contributed by atoms with E-state index in [0.717, 1.165) is 25.9 Å². The minimum absolute atomic E-state index is 0. The van der Waals surface area contributed by atoms with Crippen molar-refractivity contribution in [3.63, 3.8) is 0 Å². The summed E-state index contributed by atoms with van der Waals surface area (Å²) in [5, 5.41) is 3.25. The monoisotopic (exact) mass is 282 g/mol. The van der Waals surface area contributed by atoms with Crippen molar-refractivity contribution >= 4 is 18.3 Å². The lowest BCUT2D eigenvalue weighted by Crippen LogP contribution is -2.43. The number of likely N-dealkylation sites (tertiary alicyclic amines) is 1. The van der Waals surface area contributed by atoms with Gasteiger partial charge in [0.25, 0.3) is 5.92 Å². The molecule has 0 aromatic rings. The average molecular weight is 283 g/mol. The van der Waals surface area contributed by atoms with Crippen LogP contribution in [-0.4, -0.2) is 42.9 Å². The maximum absolute atomic E-state index is 13.0. The molecule has 2 rings (SSSR count). The highest BCUT2D eigenvalue weighted by atomic mass is 35.5. The van der Waals surface area contributed by atoms with Crippen LogP contribution in [0.25, 0.3) is 0 Å². The van der Waals surface area contributed by atoms with Gasteiger partial charge in [-0.2, -0.15) is 0 Å². The summed E-state index contributed by atoms with van der Waals surface area (Å²) in [6, 6.07) is 0. The van der Waals surface area contributed by atoms with E-state index in [0.29, 0.717) is 12.3 Å². The molecular weight excluding hydrogens is 262 g/mol. The van der Waals surface area contributed by atoms with Crippen molar-refractivity contribution in [1.82, 2.24) is 10.2 Å². The number of halogens is 3. The van der Waals surface area contributed by atoms with Gasteiger partial charge in [-0.15, -0.1) is 12.4 Å². The standard InChI is InChI=1S/C12H20F2N2O.ClH/c13-12(14)3-7-16(8-4-12)11(17)9-10-1-5-15-6-2-10;/h10,15H,1-9H2;1H. The molecule has 0 aliphatic carbocycles. The normalized spacial score (nSPS) is 24.4. The van der Waals surface area contributed by atoms with Gasteiger partial charge in [-0.1, -0.05) is 0 Å². The Labute approximate surface area is 113 Å². The lowest BCUT2D eigenvalue weighted by Gasteiger charge is -2.33. The summed E-state index contributed by atoms with van der Waals surface area (Å²) in [5.41, 5.74) is 0. The van der Waals surface area contributed by atoms with E-state index in [1.807, 2.05) is 0 Å². The molecule has 0 bridgehead atoms. The molecule has 106 valence electrons. The molecule has 1 amide bonds. The maximum atomic E-state index is 13.0. The number of amides is 1. The predicted octanol–water partition coefficient (Wildman–Crippen LogP) is 2.06. The van der Waals surface area contributed by atoms with Crippen molar-refractivity contribution < 1.29 is 13.6 Å². The fourth-order valence-corrected chi connectivity index (χ4v) is 2.55. The second-order valence-electron chi connectivity index (χ2n) is 5.13. The third-order valence-electron chi connectivity index (χ3n) is 3.77. The topological polar surface area (TPSA) is 32.3 Å². The van der Waals surface area contributed by atoms with Gasteiger partial charge in [0.2, 0.25) is 5.91 Å². The van der Waals surface area contributed by atoms with E-state index >= 15 is 0 Å². The Kier molecular flexibility index (Phi) is 5.79. The van der Waals surface area contributed by atoms with E-state index in [1.54, 1.807) is 4.90 Å². The summed E-state index contributed by atoms with van der Waals surface area (Å²) in [6.45, 7) is 2.37. The molecule has 3 nitrogen and oxygen atoms in total. The van der Waals surface area contributed by atoms with Crippen LogP contribution in [0, 0.1) is 5.92 Å². The average Bonchev–Trinajstić information content (AvgIpc) is 2.30. The van der Waals surface area contributed by atoms with Crippen LogP contribution in [0.5, 0.6) is 0 Å². The number of carbonyl (C=O) groups excluding carboxylic acids is 1. The zero-order chi connectivity index (χ0) is 12.3. The van der Waals surface area contributed by atoms with E-state index < -0.39 is 5.92 Å². The third-order valence-corrected chi connectivity index (χ3v) is 3.77. The first kappa shape index (κ1) is 15.6. The molecule has 2 aliphatic heterocycles. The first-order valence-electron chi connectivity index (χ1n) is 6.43. The minimum atomic E-state index is -2.56. The summed E-state index contributed by atoms with van der Waals surface area (Å²) in [6.07, 6.45) is 2.23. The van der Waals surface area contributed by atoms with Crippen LogP contribution in [-0.2, 0) is 4.79 Å². The summed E-state index contributed by atoms with van der Waals surface area (Å²) in [4.78, 5) is 13.5. The lowest BCUT2D eigenvalue weighted by atomic mass is 9.93. The molecule has 0 radical (unpaired) electrons. The molecule has 2 aliphatic rings. The van der Waals surface area contributed by atoms with Crippen molar-refractivity contribution in [2.24, 2.45) is 5.92 Å². The Hall–Kier alpha value is -0.420. The van der Waals surface area contributed by atoms with Crippen LogP contribution in [0.3, 0.4) is 0 Å². The van der Waals surface area contributed by atoms with Crippen molar-refractivity contribution in [3.05, 3.63) is 0 Å². The first-order valence-corrected chi connectivity index (χ1v) is 6.43. The predicted molar refractivity (Wildman–Crippen MR) is 68.2 cm³/mol. The number of hydrogen-bond donors (Lipinski definition) is 1. The number of alkyl halides is 2. The third kappa shape index (κ3) is 4.35. The van der Waals surface area contributed by atoms with Gasteiger partial charge in [0.15, 0.2) is 0 Å². The van der Waals surface area contributed by atoms with Gasteiger partial charge in [-0.3, -0.25) is 4.79 Å². The van der Waals surface area contributed by atoms with Crippen molar-refractivity contribution in [1.29, 1.82) is 0 Å². The fourth-order valence-electron chi connectivity index (χ4n) is 2.55. The molecule has 1 N–H and O–H groups in total. The Morgan fingerprint density at radius 3 is 2.33 bits per heavy atom. The van der Waals surface area contributed by atoms with Gasteiger partial charge < -0.3 is 10.2 Å². The second kappa shape index (κ2) is 6.66. The zero-order valence-corrected chi connectivity index (χ0v) is 11.3. The van der Waals surface area contributed by atoms with Gasteiger partial charge in [-0.25, -0.2) is 8.78 Å². The summed E-state index contributed by atoms with van der Waals surface area (Å²) < 4.78 is 25.9. The van der Waals surface area contributed by atoms with E-state index in [1.165, 1.54) is 0 Å². The first-order chi connectivity index (χ1) is 8.07. The van der Waals surface area contributed by atoms with Gasteiger partial charge in [0.1, 0.15) is 0 Å². The molecule has 0 unspecified atom stereocenters. The van der Waals surface area contributed by atoms with Crippen LogP contribution < -0.4 is 5.32 Å². The molecule has 0 aromatic heterocycles. The van der Waals surface area contributed by atoms with Crippen molar-refractivity contribution in [3.8, 4) is 0 Å². The molecule has 0 aromatic carbocycles. The Bertz CT molecular complexity index is 273. The van der Waals surface area contributed by atoms with Crippen LogP contribution in [0.15, 0.2) is 0 Å². The number of rotatable bonds is 2. The highest BCUT2D eigenvalue weighted by molar-refractivity contribution is 5.85. The zero-order valence-electron chi connectivity index (χ0n) is 10.5. The number of nitrogens with one attached hydrogen (secondary N) is 1. The minimum Gasteiger partial charge on any atom is -0.342 e. The highest BCUT2D eigenvalue weighted by Crippen LogP contribution is 2.28. The number of piperidine rings is 2. The van der Waals surface area contributed by atoms with Crippen LogP contribution in [0.2, 0.25) is 0 Å². The number of hydrogen-bond acceptors (Lipinski definition) is 2. The van der Waals surface area contributed by atoms with Gasteiger partial charge >= 0.3 is 0 Å². The Balaban J connectivity index is 0.00000162. The molecule has 0 spiro atoms. The highest BCUT2D eigenvalue weighted by Gasteiger charge is 2.35. The Morgan fingerprint density at radius 1 is 1.22 bits per heavy atom. The van der Waals surface area contributed by atoms with Crippen molar-refractivity contribution in [2.45, 2.75) is 38.0 Å². The van der Waals surface area contributed by atoms with E-state index in [2.05, 4.69) is 5.32 Å². The molecule has 18 heavy (non-hydrogen) atoms. The summed E-state index contributed by atoms with van der Waals surface area (Å²) in [7, 11) is 0. The van der Waals surface area contributed by atoms with Gasteiger partial charge in [-0.05, 0) is 31.8 Å². The fraction of sp³-hybridized carbons (Fsp3) is 0.917. The maximum Gasteiger partial charge on any atom is 0.251 e. The van der Waals surface area contributed by atoms with E-state index in [-0.39, 0.29) is 44.2 Å². The molecular formula is C12H21ClF2N2O. The largest absolute Gasteiger partial charge is 0.342 e. The molecule has 2 saturated heterocycles. The molecule has 0 saturated carbocycles. The molecule has 2 heterocycles. The van der Waals surface area contributed by atoms with Crippen molar-refractivity contribution in [2.75, 3.05) is 26.2 Å². The lowest BCUT2D eigenvalue weighted by molar-refractivity contribution is -0.138. The van der Waals surface area contributed by atoms with Gasteiger partial charge in [0.05, 0.1) is 0 Å². The Morgan fingerprint density at radius 2 is 1.78 bits per heavy atom. The van der Waals surface area contributed by atoms with E-state index in [4.69, 9.17) is 0 Å². The SMILES string of the molecule is Cl.O=C(CC1CCNCC1)N1CCC(F)(F)CC1. The molecule has 0 atom stereocenters. The van der Waals surface area contributed by atoms with Gasteiger partial charge in [0, 0.05) is 32.4 Å². The number of carbonyl (C=O) groups is 1. The summed E-state index contributed by atoms with van der Waals surface area (Å²) in [5.74, 6) is -2.07. The molecule has 6 heteroatoms. The van der Waals surface area contributed by atoms with E-state index in [9.17, 15) is 13.6 Å². The molecule has 2 fully saturated rings. The van der Waals surface area contributed by atoms with Crippen LogP contribution >= 0.6 is 12.4 Å². The van der Waals surface area contributed by atoms with Crippen LogP contribution in [0.4, 0.5) is 8.78 Å². The second-order valence-corrected chi connectivity index (χ2v) is 5.13. The van der Waals surface area contributed by atoms with Crippen LogP contribution in [0.1, 0.15) is 32.1 Å². The summed E-state index contributed by atoms with van der Waals surface area (Å²) >= 11 is 0. The number of nitrogens with zero attached hydrogens (tertiary/aromatic N) is 1. The quantitative estimate of drug-likeness (QED) is 0.841.